The van der Waals surface area contributed by atoms with Gasteiger partial charge in [-0.3, -0.25) is 9.48 Å². The van der Waals surface area contributed by atoms with E-state index in [9.17, 15) is 4.79 Å². The summed E-state index contributed by atoms with van der Waals surface area (Å²) in [5.41, 5.74) is 1.77. The van der Waals surface area contributed by atoms with Gasteiger partial charge in [-0.25, -0.2) is 4.98 Å². The first-order valence-electron chi connectivity index (χ1n) is 9.08. The van der Waals surface area contributed by atoms with Gasteiger partial charge >= 0.3 is 0 Å². The summed E-state index contributed by atoms with van der Waals surface area (Å²) in [5.74, 6) is 1.33. The molecule has 1 aliphatic carbocycles. The van der Waals surface area contributed by atoms with E-state index in [-0.39, 0.29) is 11.9 Å². The number of carbonyl (C=O) groups excluding carboxylic acids is 1. The molecule has 6 nitrogen and oxygen atoms in total. The Balaban J connectivity index is 1.39. The first-order chi connectivity index (χ1) is 12.2. The van der Waals surface area contributed by atoms with E-state index in [1.165, 1.54) is 12.8 Å². The largest absolute Gasteiger partial charge is 0.477 e. The van der Waals surface area contributed by atoms with Crippen molar-refractivity contribution in [2.45, 2.75) is 38.6 Å². The Morgan fingerprint density at radius 3 is 2.84 bits per heavy atom. The molecule has 6 heteroatoms. The molecule has 2 aromatic heterocycles. The van der Waals surface area contributed by atoms with E-state index in [0.29, 0.717) is 23.9 Å². The smallest absolute Gasteiger partial charge is 0.255 e. The second kappa shape index (κ2) is 6.86. The summed E-state index contributed by atoms with van der Waals surface area (Å²) in [4.78, 5) is 19.0. The lowest BCUT2D eigenvalue weighted by Gasteiger charge is -2.32. The Labute approximate surface area is 147 Å². The summed E-state index contributed by atoms with van der Waals surface area (Å²) in [7, 11) is 0. The molecule has 132 valence electrons. The lowest BCUT2D eigenvalue weighted by atomic mass is 10.0. The van der Waals surface area contributed by atoms with Gasteiger partial charge < -0.3 is 9.64 Å². The van der Waals surface area contributed by atoms with Gasteiger partial charge in [0, 0.05) is 31.5 Å². The van der Waals surface area contributed by atoms with Gasteiger partial charge in [-0.15, -0.1) is 0 Å². The van der Waals surface area contributed by atoms with Crippen molar-refractivity contribution in [2.24, 2.45) is 5.92 Å². The normalized spacial score (nSPS) is 20.5. The number of hydrogen-bond acceptors (Lipinski definition) is 4. The van der Waals surface area contributed by atoms with Crippen molar-refractivity contribution in [1.29, 1.82) is 0 Å². The van der Waals surface area contributed by atoms with Crippen molar-refractivity contribution in [3.63, 3.8) is 0 Å². The van der Waals surface area contributed by atoms with Crippen molar-refractivity contribution >= 4 is 5.91 Å². The van der Waals surface area contributed by atoms with Crippen LogP contribution in [0.15, 0.2) is 30.7 Å². The third-order valence-corrected chi connectivity index (χ3v) is 4.94. The number of aryl methyl sites for hydroxylation is 1. The van der Waals surface area contributed by atoms with E-state index in [1.54, 1.807) is 12.3 Å². The highest BCUT2D eigenvalue weighted by Crippen LogP contribution is 2.29. The molecule has 0 N–H and O–H groups in total. The molecule has 1 saturated heterocycles. The number of ether oxygens (including phenoxy) is 1. The zero-order valence-corrected chi connectivity index (χ0v) is 14.6. The molecule has 0 aromatic carbocycles. The molecule has 2 aromatic rings. The van der Waals surface area contributed by atoms with E-state index in [1.807, 2.05) is 35.0 Å². The molecule has 25 heavy (non-hydrogen) atoms. The van der Waals surface area contributed by atoms with E-state index >= 15 is 0 Å². The Kier molecular flexibility index (Phi) is 4.42. The summed E-state index contributed by atoms with van der Waals surface area (Å²) >= 11 is 0. The molecule has 0 radical (unpaired) electrons. The fourth-order valence-corrected chi connectivity index (χ4v) is 3.25. The third-order valence-electron chi connectivity index (χ3n) is 4.94. The number of nitrogens with zero attached hydrogens (tertiary/aromatic N) is 4. The van der Waals surface area contributed by atoms with E-state index in [4.69, 9.17) is 4.74 Å². The van der Waals surface area contributed by atoms with Crippen LogP contribution in [0.5, 0.6) is 5.88 Å². The Morgan fingerprint density at radius 1 is 1.28 bits per heavy atom. The second-order valence-electron chi connectivity index (χ2n) is 7.18. The molecule has 0 unspecified atom stereocenters. The minimum atomic E-state index is 0.0369. The quantitative estimate of drug-likeness (QED) is 0.840. The molecule has 4 rings (SSSR count). The monoisotopic (exact) mass is 340 g/mol. The SMILES string of the molecule is Cc1cnn([C@@H]2CCCN(C(=O)c3ccc(OCC4CC4)nc3)C2)c1. The van der Waals surface area contributed by atoms with Crippen LogP contribution < -0.4 is 4.74 Å². The summed E-state index contributed by atoms with van der Waals surface area (Å²) in [6.45, 7) is 4.25. The van der Waals surface area contributed by atoms with Crippen molar-refractivity contribution < 1.29 is 9.53 Å². The van der Waals surface area contributed by atoms with Crippen LogP contribution in [0.3, 0.4) is 0 Å². The number of piperidine rings is 1. The van der Waals surface area contributed by atoms with Gasteiger partial charge in [0.15, 0.2) is 0 Å². The van der Waals surface area contributed by atoms with Crippen LogP contribution in [-0.2, 0) is 0 Å². The standard InChI is InChI=1S/C19H24N4O2/c1-14-9-21-23(11-14)17-3-2-8-22(12-17)19(24)16-6-7-18(20-10-16)25-13-15-4-5-15/h6-7,9-11,15,17H,2-5,8,12-13H2,1H3/t17-/m1/s1. The number of aromatic nitrogens is 3. The minimum absolute atomic E-state index is 0.0369. The number of hydrogen-bond donors (Lipinski definition) is 0. The Bertz CT molecular complexity index is 736. The predicted octanol–water partition coefficient (Wildman–Crippen LogP) is 2.85. The number of pyridine rings is 1. The first-order valence-corrected chi connectivity index (χ1v) is 9.08. The van der Waals surface area contributed by atoms with Crippen LogP contribution in [0.2, 0.25) is 0 Å². The molecular formula is C19H24N4O2. The van der Waals surface area contributed by atoms with E-state index in [2.05, 4.69) is 10.1 Å². The zero-order valence-electron chi connectivity index (χ0n) is 14.6. The average Bonchev–Trinajstić information content (AvgIpc) is 3.39. The highest BCUT2D eigenvalue weighted by atomic mass is 16.5. The van der Waals surface area contributed by atoms with Crippen LogP contribution in [0, 0.1) is 12.8 Å². The molecule has 2 aliphatic rings. The topological polar surface area (TPSA) is 60.2 Å². The van der Waals surface area contributed by atoms with Crippen LogP contribution in [0.4, 0.5) is 0 Å². The zero-order chi connectivity index (χ0) is 17.2. The summed E-state index contributed by atoms with van der Waals surface area (Å²) in [6, 6.07) is 3.87. The summed E-state index contributed by atoms with van der Waals surface area (Å²) in [6.07, 6.45) is 10.1. The number of carbonyl (C=O) groups is 1. The second-order valence-corrected chi connectivity index (χ2v) is 7.18. The molecule has 0 spiro atoms. The molecule has 3 heterocycles. The fourth-order valence-electron chi connectivity index (χ4n) is 3.25. The maximum Gasteiger partial charge on any atom is 0.255 e. The van der Waals surface area contributed by atoms with Gasteiger partial charge in [-0.2, -0.15) is 5.10 Å². The van der Waals surface area contributed by atoms with Crippen molar-refractivity contribution in [3.05, 3.63) is 41.9 Å². The minimum Gasteiger partial charge on any atom is -0.477 e. The molecule has 1 aliphatic heterocycles. The third kappa shape index (κ3) is 3.83. The lowest BCUT2D eigenvalue weighted by molar-refractivity contribution is 0.0672. The highest BCUT2D eigenvalue weighted by Gasteiger charge is 2.26. The molecule has 1 saturated carbocycles. The number of likely N-dealkylation sites (tertiary alicyclic amines) is 1. The van der Waals surface area contributed by atoms with Crippen molar-refractivity contribution in [3.8, 4) is 5.88 Å². The summed E-state index contributed by atoms with van der Waals surface area (Å²) in [5, 5.41) is 4.41. The van der Waals surface area contributed by atoms with Gasteiger partial charge in [-0.05, 0) is 50.2 Å². The summed E-state index contributed by atoms with van der Waals surface area (Å²) < 4.78 is 7.63. The average molecular weight is 340 g/mol. The Hall–Kier alpha value is -2.37. The maximum absolute atomic E-state index is 12.8. The molecule has 0 bridgehead atoms. The van der Waals surface area contributed by atoms with Crippen molar-refractivity contribution in [2.75, 3.05) is 19.7 Å². The van der Waals surface area contributed by atoms with Gasteiger partial charge in [0.2, 0.25) is 5.88 Å². The number of amides is 1. The first kappa shape index (κ1) is 16.1. The van der Waals surface area contributed by atoms with Crippen molar-refractivity contribution in [1.82, 2.24) is 19.7 Å². The maximum atomic E-state index is 12.8. The fraction of sp³-hybridized carbons (Fsp3) is 0.526. The molecule has 2 fully saturated rings. The van der Waals surface area contributed by atoms with Gasteiger partial charge in [0.25, 0.3) is 5.91 Å². The Morgan fingerprint density at radius 2 is 2.16 bits per heavy atom. The molecule has 1 amide bonds. The highest BCUT2D eigenvalue weighted by molar-refractivity contribution is 5.94. The predicted molar refractivity (Wildman–Crippen MR) is 93.6 cm³/mol. The molecule has 1 atom stereocenters. The van der Waals surface area contributed by atoms with Gasteiger partial charge in [0.05, 0.1) is 24.4 Å². The number of rotatable bonds is 5. The van der Waals surface area contributed by atoms with E-state index < -0.39 is 0 Å². The van der Waals surface area contributed by atoms with E-state index in [0.717, 1.165) is 31.6 Å². The van der Waals surface area contributed by atoms with Crippen LogP contribution in [-0.4, -0.2) is 45.3 Å². The van der Waals surface area contributed by atoms with Crippen LogP contribution in [0.1, 0.15) is 47.6 Å². The van der Waals surface area contributed by atoms with Crippen LogP contribution >= 0.6 is 0 Å². The lowest BCUT2D eigenvalue weighted by Crippen LogP contribution is -2.40. The van der Waals surface area contributed by atoms with Gasteiger partial charge in [-0.1, -0.05) is 0 Å². The van der Waals surface area contributed by atoms with Crippen LogP contribution in [0.25, 0.3) is 0 Å². The molecular weight excluding hydrogens is 316 g/mol. The van der Waals surface area contributed by atoms with Gasteiger partial charge in [0.1, 0.15) is 0 Å².